The topological polar surface area (TPSA) is 507 Å². The molecule has 0 aromatic carbocycles. The molecule has 0 bridgehead atoms. The molecule has 1 fully saturated rings. The van der Waals surface area contributed by atoms with Crippen LogP contribution in [0.1, 0.15) is 58.8 Å². The number of carbonyl (C=O) groups excluding carboxylic acids is 11. The van der Waals surface area contributed by atoms with Crippen LogP contribution in [-0.4, -0.2) is 191 Å². The highest BCUT2D eigenvalue weighted by atomic mass is 32.1. The number of aliphatic carboxylic acids is 1. The molecule has 0 aromatic rings. The van der Waals surface area contributed by atoms with Gasteiger partial charge in [-0.2, -0.15) is 12.6 Å². The molecule has 1 saturated heterocycles. The van der Waals surface area contributed by atoms with Gasteiger partial charge in [0.1, 0.15) is 48.3 Å². The standard InChI is InChI=1S/C38H65N15O15S/c1-3-17(2)29(52-35(66)23(16-69)51-31(62)18(39)14-54)37(68)49-21(10-25(40)56)34(65)50-22(15-55)33(64)46-13-27(58)53-9-5-7-24(53)36(67)48-19(6-4-8-44-38(42)43)32(63)45-12-26(57)47-20(30(41)61)11-28(59)60/h17-24,29,54-55,69H,3-16,39H2,1-2H3,(H2,40,56)(H2,41,61)(H,45,63)(H,46,64)(H,47,57)(H,48,67)(H,49,68)(H,50,65)(H,51,62)(H,52,66)(H,59,60)(H4,42,43,44)/t17-,18-,19-,20-,21-,22-,23-,24-,29-/m0/s1. The van der Waals surface area contributed by atoms with Gasteiger partial charge in [0.15, 0.2) is 5.96 Å². The van der Waals surface area contributed by atoms with Gasteiger partial charge in [0, 0.05) is 18.8 Å². The number of hydrogen-bond acceptors (Lipinski definition) is 17. The molecule has 0 aromatic heterocycles. The van der Waals surface area contributed by atoms with Crippen molar-refractivity contribution in [1.29, 1.82) is 0 Å². The molecule has 388 valence electrons. The van der Waals surface area contributed by atoms with E-state index in [0.717, 1.165) is 4.90 Å². The van der Waals surface area contributed by atoms with Crippen molar-refractivity contribution in [3.8, 4) is 0 Å². The van der Waals surface area contributed by atoms with Gasteiger partial charge in [-0.25, -0.2) is 0 Å². The van der Waals surface area contributed by atoms with E-state index in [1.807, 2.05) is 0 Å². The lowest BCUT2D eigenvalue weighted by molar-refractivity contribution is -0.140. The van der Waals surface area contributed by atoms with E-state index in [-0.39, 0.29) is 44.1 Å². The highest BCUT2D eigenvalue weighted by molar-refractivity contribution is 7.80. The number of nitrogens with one attached hydrogen (secondary N) is 8. The van der Waals surface area contributed by atoms with Crippen molar-refractivity contribution in [2.24, 2.45) is 39.6 Å². The van der Waals surface area contributed by atoms with Gasteiger partial charge in [0.2, 0.25) is 65.0 Å². The summed E-state index contributed by atoms with van der Waals surface area (Å²) in [5.41, 5.74) is 26.7. The van der Waals surface area contributed by atoms with Crippen LogP contribution in [-0.2, 0) is 57.5 Å². The van der Waals surface area contributed by atoms with Crippen molar-refractivity contribution < 1.29 is 72.9 Å². The Labute approximate surface area is 400 Å². The molecule has 9 atom stereocenters. The Kier molecular flexibility index (Phi) is 26.6. The zero-order valence-corrected chi connectivity index (χ0v) is 39.0. The number of hydrogen-bond donors (Lipinski definition) is 17. The number of thiol groups is 1. The number of aliphatic imine (C=N–C) groups is 1. The van der Waals surface area contributed by atoms with Crippen LogP contribution in [0.15, 0.2) is 4.99 Å². The molecule has 0 radical (unpaired) electrons. The number of carboxylic acid groups (broad SMARTS) is 1. The van der Waals surface area contributed by atoms with Gasteiger partial charge < -0.3 is 91.4 Å². The summed E-state index contributed by atoms with van der Waals surface area (Å²) < 4.78 is 0. The number of amides is 11. The minimum absolute atomic E-state index is 0.0280. The summed E-state index contributed by atoms with van der Waals surface area (Å²) in [6, 6.07) is -11.7. The van der Waals surface area contributed by atoms with Gasteiger partial charge in [-0.3, -0.25) is 62.5 Å². The fourth-order valence-corrected chi connectivity index (χ4v) is 6.61. The Morgan fingerprint density at radius 3 is 1.86 bits per heavy atom. The SMILES string of the molecule is CC[C@H](C)[C@H](NC(=O)[C@H](CS)NC(=O)[C@@H](N)CO)C(=O)N[C@@H](CC(N)=O)C(=O)N[C@@H](CO)C(=O)NCC(=O)N1CCC[C@H]1C(=O)N[C@@H](CCCN=C(N)N)C(=O)NCC(=O)N[C@@H](CC(=O)O)C(N)=O. The minimum atomic E-state index is -1.77. The van der Waals surface area contributed by atoms with Crippen LogP contribution in [0.3, 0.4) is 0 Å². The van der Waals surface area contributed by atoms with Crippen molar-refractivity contribution in [1.82, 2.24) is 47.4 Å². The molecule has 0 saturated carbocycles. The largest absolute Gasteiger partial charge is 0.481 e. The van der Waals surface area contributed by atoms with Gasteiger partial charge in [-0.1, -0.05) is 20.3 Å². The number of nitrogens with zero attached hydrogens (tertiary/aromatic N) is 2. The average Bonchev–Trinajstić information content (AvgIpc) is 3.80. The summed E-state index contributed by atoms with van der Waals surface area (Å²) >= 11 is 4.05. The smallest absolute Gasteiger partial charge is 0.305 e. The Morgan fingerprint density at radius 1 is 0.710 bits per heavy atom. The van der Waals surface area contributed by atoms with E-state index in [1.54, 1.807) is 13.8 Å². The van der Waals surface area contributed by atoms with Gasteiger partial charge >= 0.3 is 5.97 Å². The lowest BCUT2D eigenvalue weighted by Gasteiger charge is -2.28. The number of aliphatic hydroxyl groups is 2. The first kappa shape index (κ1) is 60.2. The third-order valence-electron chi connectivity index (χ3n) is 10.3. The van der Waals surface area contributed by atoms with Crippen LogP contribution < -0.4 is 71.2 Å². The fraction of sp³-hybridized carbons (Fsp3) is 0.658. The lowest BCUT2D eigenvalue weighted by Crippen LogP contribution is -2.61. The van der Waals surface area contributed by atoms with Crippen LogP contribution in [0.25, 0.3) is 0 Å². The molecule has 69 heavy (non-hydrogen) atoms. The second kappa shape index (κ2) is 30.5. The summed E-state index contributed by atoms with van der Waals surface area (Å²) in [4.78, 5) is 157. The van der Waals surface area contributed by atoms with E-state index in [1.165, 1.54) is 0 Å². The Balaban J connectivity index is 3.08. The summed E-state index contributed by atoms with van der Waals surface area (Å²) in [5, 5.41) is 46.5. The van der Waals surface area contributed by atoms with E-state index >= 15 is 0 Å². The van der Waals surface area contributed by atoms with E-state index < -0.39 is 164 Å². The molecule has 0 unspecified atom stereocenters. The normalized spacial score (nSPS) is 16.5. The van der Waals surface area contributed by atoms with Gasteiger partial charge in [0.25, 0.3) is 0 Å². The Bertz CT molecular complexity index is 1910. The van der Waals surface area contributed by atoms with Crippen molar-refractivity contribution in [3.05, 3.63) is 0 Å². The van der Waals surface area contributed by atoms with E-state index in [9.17, 15) is 62.6 Å². The average molecular weight is 1000 g/mol. The molecule has 1 heterocycles. The van der Waals surface area contributed by atoms with Gasteiger partial charge in [0.05, 0.1) is 39.1 Å². The molecular weight excluding hydrogens is 939 g/mol. The second-order valence-electron chi connectivity index (χ2n) is 15.7. The predicted octanol–water partition coefficient (Wildman–Crippen LogP) is -9.70. The van der Waals surface area contributed by atoms with Crippen molar-refractivity contribution in [2.45, 2.75) is 107 Å². The molecule has 0 aliphatic carbocycles. The lowest BCUT2D eigenvalue weighted by atomic mass is 9.97. The zero-order chi connectivity index (χ0) is 52.5. The number of aliphatic hydroxyl groups excluding tert-OH is 2. The summed E-state index contributed by atoms with van der Waals surface area (Å²) in [6.07, 6.45) is -0.850. The molecule has 1 aliphatic heterocycles. The van der Waals surface area contributed by atoms with Gasteiger partial charge in [-0.15, -0.1) is 0 Å². The maximum absolute atomic E-state index is 13.6. The van der Waals surface area contributed by atoms with Crippen LogP contribution in [0.4, 0.5) is 0 Å². The number of carbonyl (C=O) groups is 12. The van der Waals surface area contributed by atoms with Crippen molar-refractivity contribution in [2.75, 3.05) is 45.1 Å². The number of carboxylic acids is 1. The van der Waals surface area contributed by atoms with Crippen LogP contribution >= 0.6 is 12.6 Å². The molecule has 11 amide bonds. The first-order valence-electron chi connectivity index (χ1n) is 21.5. The third kappa shape index (κ3) is 21.3. The first-order valence-corrected chi connectivity index (χ1v) is 22.1. The van der Waals surface area contributed by atoms with Crippen LogP contribution in [0.2, 0.25) is 0 Å². The van der Waals surface area contributed by atoms with Crippen LogP contribution in [0, 0.1) is 5.92 Å². The van der Waals surface area contributed by atoms with Crippen molar-refractivity contribution >= 4 is 89.5 Å². The minimum Gasteiger partial charge on any atom is -0.481 e. The number of rotatable bonds is 31. The quantitative estimate of drug-likeness (QED) is 0.0133. The van der Waals surface area contributed by atoms with Crippen LogP contribution in [0.5, 0.6) is 0 Å². The Morgan fingerprint density at radius 2 is 1.30 bits per heavy atom. The molecule has 1 rings (SSSR count). The van der Waals surface area contributed by atoms with E-state index in [4.69, 9.17) is 38.9 Å². The summed E-state index contributed by atoms with van der Waals surface area (Å²) in [5.74, 6) is -13.2. The molecule has 31 heteroatoms. The summed E-state index contributed by atoms with van der Waals surface area (Å²) in [7, 11) is 0. The number of likely N-dealkylation sites (tertiary alicyclic amines) is 1. The zero-order valence-electron chi connectivity index (χ0n) is 38.1. The monoisotopic (exact) mass is 1000 g/mol. The predicted molar refractivity (Wildman–Crippen MR) is 243 cm³/mol. The maximum atomic E-state index is 13.6. The van der Waals surface area contributed by atoms with Gasteiger partial charge in [-0.05, 0) is 31.6 Å². The fourth-order valence-electron chi connectivity index (χ4n) is 6.35. The molecule has 21 N–H and O–H groups in total. The Hall–Kier alpha value is -6.86. The molecular formula is C38H65N15O15S. The molecule has 0 spiro atoms. The number of nitrogens with two attached hydrogens (primary N) is 5. The number of guanidine groups is 1. The van der Waals surface area contributed by atoms with E-state index in [0.29, 0.717) is 12.8 Å². The highest BCUT2D eigenvalue weighted by Gasteiger charge is 2.38. The first-order chi connectivity index (χ1) is 32.4. The van der Waals surface area contributed by atoms with E-state index in [2.05, 4.69) is 60.2 Å². The highest BCUT2D eigenvalue weighted by Crippen LogP contribution is 2.18. The molecule has 1 aliphatic rings. The summed E-state index contributed by atoms with van der Waals surface area (Å²) in [6.45, 7) is 0.0240. The molecule has 30 nitrogen and oxygen atoms in total. The second-order valence-corrected chi connectivity index (χ2v) is 16.1. The third-order valence-corrected chi connectivity index (χ3v) is 10.7. The van der Waals surface area contributed by atoms with Crippen molar-refractivity contribution in [3.63, 3.8) is 0 Å². The maximum Gasteiger partial charge on any atom is 0.305 e. The number of primary amides is 2.